The van der Waals surface area contributed by atoms with E-state index in [9.17, 15) is 0 Å². The standard InChI is InChI=1S/C14H22N4O/c1-11-12(9-15)13(18(2)17-11)19-10-14(16)7-5-3-4-6-8-14/h3-8,10,16H2,1-2H3. The number of nitriles is 1. The fraction of sp³-hybridized carbons (Fsp3) is 0.714. The van der Waals surface area contributed by atoms with Crippen molar-refractivity contribution in [1.29, 1.82) is 5.26 Å². The van der Waals surface area contributed by atoms with Gasteiger partial charge in [0.05, 0.1) is 11.2 Å². The Bertz CT molecular complexity index is 478. The second-order valence-corrected chi connectivity index (χ2v) is 5.57. The highest BCUT2D eigenvalue weighted by atomic mass is 16.5. The second kappa shape index (κ2) is 5.62. The molecule has 0 aromatic carbocycles. The van der Waals surface area contributed by atoms with E-state index in [1.165, 1.54) is 12.8 Å². The van der Waals surface area contributed by atoms with Crippen LogP contribution in [0.1, 0.15) is 49.8 Å². The summed E-state index contributed by atoms with van der Waals surface area (Å²) in [6.07, 6.45) is 6.82. The quantitative estimate of drug-likeness (QED) is 0.845. The topological polar surface area (TPSA) is 76.9 Å². The van der Waals surface area contributed by atoms with E-state index in [0.717, 1.165) is 25.7 Å². The summed E-state index contributed by atoms with van der Waals surface area (Å²) >= 11 is 0. The van der Waals surface area contributed by atoms with E-state index in [0.29, 0.717) is 23.7 Å². The van der Waals surface area contributed by atoms with Crippen molar-refractivity contribution in [2.45, 2.75) is 51.0 Å². The fourth-order valence-corrected chi connectivity index (χ4v) is 2.72. The number of rotatable bonds is 3. The molecule has 0 spiro atoms. The summed E-state index contributed by atoms with van der Waals surface area (Å²) in [7, 11) is 1.79. The van der Waals surface area contributed by atoms with Crippen LogP contribution < -0.4 is 10.5 Å². The first-order chi connectivity index (χ1) is 9.06. The maximum absolute atomic E-state index is 9.14. The lowest BCUT2D eigenvalue weighted by Gasteiger charge is -2.27. The molecular weight excluding hydrogens is 240 g/mol. The minimum atomic E-state index is -0.262. The molecule has 0 atom stereocenters. The first-order valence-electron chi connectivity index (χ1n) is 6.91. The second-order valence-electron chi connectivity index (χ2n) is 5.57. The van der Waals surface area contributed by atoms with Gasteiger partial charge >= 0.3 is 0 Å². The summed E-state index contributed by atoms with van der Waals surface area (Å²) in [6.45, 7) is 2.27. The largest absolute Gasteiger partial charge is 0.475 e. The molecule has 5 nitrogen and oxygen atoms in total. The highest BCUT2D eigenvalue weighted by molar-refractivity contribution is 5.42. The molecule has 5 heteroatoms. The van der Waals surface area contributed by atoms with Gasteiger partial charge in [-0.25, -0.2) is 4.68 Å². The number of aromatic nitrogens is 2. The van der Waals surface area contributed by atoms with E-state index in [4.69, 9.17) is 15.7 Å². The van der Waals surface area contributed by atoms with Crippen LogP contribution in [0.2, 0.25) is 0 Å². The van der Waals surface area contributed by atoms with Gasteiger partial charge in [0.2, 0.25) is 5.88 Å². The third-order valence-corrected chi connectivity index (χ3v) is 3.88. The van der Waals surface area contributed by atoms with Gasteiger partial charge in [0.25, 0.3) is 0 Å². The smallest absolute Gasteiger partial charge is 0.230 e. The van der Waals surface area contributed by atoms with Crippen LogP contribution in [0.5, 0.6) is 5.88 Å². The minimum absolute atomic E-state index is 0.262. The molecule has 1 heterocycles. The number of nitrogens with two attached hydrogens (primary N) is 1. The van der Waals surface area contributed by atoms with E-state index in [1.54, 1.807) is 11.7 Å². The van der Waals surface area contributed by atoms with Gasteiger partial charge in [0.1, 0.15) is 18.2 Å². The Morgan fingerprint density at radius 3 is 2.58 bits per heavy atom. The van der Waals surface area contributed by atoms with Gasteiger partial charge in [-0.3, -0.25) is 0 Å². The van der Waals surface area contributed by atoms with Gasteiger partial charge in [-0.15, -0.1) is 0 Å². The van der Waals surface area contributed by atoms with Crippen molar-refractivity contribution in [1.82, 2.24) is 9.78 Å². The zero-order chi connectivity index (χ0) is 13.9. The molecule has 0 unspecified atom stereocenters. The molecule has 0 amide bonds. The van der Waals surface area contributed by atoms with Crippen molar-refractivity contribution in [3.05, 3.63) is 11.3 Å². The number of ether oxygens (including phenoxy) is 1. The van der Waals surface area contributed by atoms with Gasteiger partial charge in [0.15, 0.2) is 0 Å². The van der Waals surface area contributed by atoms with Crippen LogP contribution in [0, 0.1) is 18.3 Å². The lowest BCUT2D eigenvalue weighted by atomic mass is 9.93. The Morgan fingerprint density at radius 1 is 1.37 bits per heavy atom. The molecule has 0 radical (unpaired) electrons. The van der Waals surface area contributed by atoms with Crippen LogP contribution in [0.25, 0.3) is 0 Å². The maximum Gasteiger partial charge on any atom is 0.230 e. The normalized spacial score (nSPS) is 18.6. The van der Waals surface area contributed by atoms with Gasteiger partial charge in [-0.1, -0.05) is 25.7 Å². The predicted molar refractivity (Wildman–Crippen MR) is 72.8 cm³/mol. The average molecular weight is 262 g/mol. The fourth-order valence-electron chi connectivity index (χ4n) is 2.72. The summed E-state index contributed by atoms with van der Waals surface area (Å²) in [4.78, 5) is 0. The maximum atomic E-state index is 9.14. The molecule has 0 aliphatic heterocycles. The van der Waals surface area contributed by atoms with Crippen molar-refractivity contribution in [2.75, 3.05) is 6.61 Å². The van der Waals surface area contributed by atoms with Crippen LogP contribution >= 0.6 is 0 Å². The Hall–Kier alpha value is -1.54. The van der Waals surface area contributed by atoms with E-state index in [-0.39, 0.29) is 5.54 Å². The molecule has 1 aliphatic carbocycles. The molecule has 0 bridgehead atoms. The van der Waals surface area contributed by atoms with Crippen molar-refractivity contribution in [2.24, 2.45) is 12.8 Å². The molecule has 1 aliphatic rings. The monoisotopic (exact) mass is 262 g/mol. The molecule has 104 valence electrons. The van der Waals surface area contributed by atoms with Crippen molar-refractivity contribution >= 4 is 0 Å². The molecular formula is C14H22N4O. The number of nitrogens with zero attached hydrogens (tertiary/aromatic N) is 3. The van der Waals surface area contributed by atoms with Crippen LogP contribution in [0.3, 0.4) is 0 Å². The summed E-state index contributed by atoms with van der Waals surface area (Å²) in [5.41, 5.74) is 7.37. The molecule has 2 rings (SSSR count). The number of hydrogen-bond acceptors (Lipinski definition) is 4. The SMILES string of the molecule is Cc1nn(C)c(OCC2(N)CCCCCC2)c1C#N. The summed E-state index contributed by atoms with van der Waals surface area (Å²) in [6, 6.07) is 2.15. The van der Waals surface area contributed by atoms with Crippen molar-refractivity contribution in [3.63, 3.8) is 0 Å². The highest BCUT2D eigenvalue weighted by Crippen LogP contribution is 2.27. The zero-order valence-corrected chi connectivity index (χ0v) is 11.8. The van der Waals surface area contributed by atoms with Gasteiger partial charge in [0, 0.05) is 7.05 Å². The Kier molecular flexibility index (Phi) is 4.11. The van der Waals surface area contributed by atoms with Crippen LogP contribution in [-0.4, -0.2) is 21.9 Å². The van der Waals surface area contributed by atoms with Gasteiger partial charge < -0.3 is 10.5 Å². The third-order valence-electron chi connectivity index (χ3n) is 3.88. The van der Waals surface area contributed by atoms with Crippen molar-refractivity contribution < 1.29 is 4.74 Å². The third kappa shape index (κ3) is 3.07. The number of aryl methyl sites for hydroxylation is 2. The molecule has 1 aromatic heterocycles. The Balaban J connectivity index is 2.08. The Morgan fingerprint density at radius 2 is 2.00 bits per heavy atom. The average Bonchev–Trinajstić information content (AvgIpc) is 2.53. The van der Waals surface area contributed by atoms with Crippen molar-refractivity contribution in [3.8, 4) is 11.9 Å². The summed E-state index contributed by atoms with van der Waals surface area (Å²) in [5, 5.41) is 13.4. The molecule has 1 fully saturated rings. The highest BCUT2D eigenvalue weighted by Gasteiger charge is 2.28. The van der Waals surface area contributed by atoms with E-state index >= 15 is 0 Å². The first-order valence-corrected chi connectivity index (χ1v) is 6.91. The molecule has 19 heavy (non-hydrogen) atoms. The molecule has 1 saturated carbocycles. The van der Waals surface area contributed by atoms with Gasteiger partial charge in [-0.2, -0.15) is 10.4 Å². The predicted octanol–water partition coefficient (Wildman–Crippen LogP) is 2.03. The lowest BCUT2D eigenvalue weighted by molar-refractivity contribution is 0.186. The van der Waals surface area contributed by atoms with E-state index in [2.05, 4.69) is 11.2 Å². The van der Waals surface area contributed by atoms with E-state index in [1.807, 2.05) is 6.92 Å². The number of hydrogen-bond donors (Lipinski definition) is 1. The summed E-state index contributed by atoms with van der Waals surface area (Å²) < 4.78 is 7.45. The molecule has 0 saturated heterocycles. The van der Waals surface area contributed by atoms with Gasteiger partial charge in [-0.05, 0) is 19.8 Å². The zero-order valence-electron chi connectivity index (χ0n) is 11.8. The van der Waals surface area contributed by atoms with Crippen LogP contribution in [0.15, 0.2) is 0 Å². The summed E-state index contributed by atoms with van der Waals surface area (Å²) in [5.74, 6) is 0.536. The van der Waals surface area contributed by atoms with Crippen LogP contribution in [0.4, 0.5) is 0 Å². The van der Waals surface area contributed by atoms with E-state index < -0.39 is 0 Å². The molecule has 1 aromatic rings. The minimum Gasteiger partial charge on any atom is -0.475 e. The molecule has 2 N–H and O–H groups in total. The Labute approximate surface area is 114 Å². The lowest BCUT2D eigenvalue weighted by Crippen LogP contribution is -2.45. The first kappa shape index (κ1) is 13.9. The van der Waals surface area contributed by atoms with Crippen LogP contribution in [-0.2, 0) is 7.05 Å².